The molecule has 1 fully saturated rings. The van der Waals surface area contributed by atoms with E-state index in [9.17, 15) is 4.79 Å². The summed E-state index contributed by atoms with van der Waals surface area (Å²) in [6, 6.07) is 0. The summed E-state index contributed by atoms with van der Waals surface area (Å²) in [7, 11) is 0. The molecule has 0 bridgehead atoms. The Hall–Kier alpha value is -0.220. The van der Waals surface area contributed by atoms with Crippen LogP contribution < -0.4 is 0 Å². The molecule has 1 saturated heterocycles. The Bertz CT molecular complexity index is 155. The minimum Gasteiger partial charge on any atom is -0.396 e. The van der Waals surface area contributed by atoms with E-state index in [0.717, 1.165) is 25.9 Å². The zero-order valence-corrected chi connectivity index (χ0v) is 8.14. The molecule has 0 saturated carbocycles. The molecule has 4 heteroatoms. The summed E-state index contributed by atoms with van der Waals surface area (Å²) in [4.78, 5) is 13.0. The Morgan fingerprint density at radius 1 is 1.58 bits per heavy atom. The van der Waals surface area contributed by atoms with Gasteiger partial charge >= 0.3 is 0 Å². The number of thioether (sulfide) groups is 1. The molecule has 0 atom stereocenters. The molecule has 1 rings (SSSR count). The molecule has 1 aliphatic heterocycles. The number of hydrogen-bond donors (Lipinski definition) is 1. The monoisotopic (exact) mass is 189 g/mol. The standard InChI is InChI=1S/C8H15NO2S/c1-12-8(11)9-4-2-7(6-10)3-5-9/h7,10H,2-6H2,1H3. The second kappa shape index (κ2) is 4.72. The first-order valence-electron chi connectivity index (χ1n) is 4.21. The van der Waals surface area contributed by atoms with Crippen LogP contribution >= 0.6 is 11.8 Å². The molecule has 3 nitrogen and oxygen atoms in total. The van der Waals surface area contributed by atoms with Gasteiger partial charge in [0.15, 0.2) is 0 Å². The third kappa shape index (κ3) is 2.38. The van der Waals surface area contributed by atoms with Crippen LogP contribution in [0.4, 0.5) is 4.79 Å². The van der Waals surface area contributed by atoms with Crippen molar-refractivity contribution in [2.24, 2.45) is 5.92 Å². The van der Waals surface area contributed by atoms with Crippen LogP contribution in [0, 0.1) is 5.92 Å². The van der Waals surface area contributed by atoms with Crippen LogP contribution in [0.15, 0.2) is 0 Å². The van der Waals surface area contributed by atoms with E-state index in [0.29, 0.717) is 5.92 Å². The van der Waals surface area contributed by atoms with Crippen LogP contribution in [0.5, 0.6) is 0 Å². The van der Waals surface area contributed by atoms with Crippen molar-refractivity contribution >= 4 is 17.0 Å². The summed E-state index contributed by atoms with van der Waals surface area (Å²) in [6.45, 7) is 1.89. The number of likely N-dealkylation sites (tertiary alicyclic amines) is 1. The number of carbonyl (C=O) groups is 1. The average molecular weight is 189 g/mol. The van der Waals surface area contributed by atoms with E-state index in [-0.39, 0.29) is 11.8 Å². The van der Waals surface area contributed by atoms with Crippen molar-refractivity contribution in [1.82, 2.24) is 4.90 Å². The first-order chi connectivity index (χ1) is 5.77. The van der Waals surface area contributed by atoms with Gasteiger partial charge in [0, 0.05) is 19.7 Å². The van der Waals surface area contributed by atoms with Gasteiger partial charge in [0.25, 0.3) is 5.24 Å². The lowest BCUT2D eigenvalue weighted by atomic mass is 9.98. The van der Waals surface area contributed by atoms with E-state index in [4.69, 9.17) is 5.11 Å². The predicted octanol–water partition coefficient (Wildman–Crippen LogP) is 1.17. The Balaban J connectivity index is 2.30. The van der Waals surface area contributed by atoms with Gasteiger partial charge in [-0.25, -0.2) is 0 Å². The van der Waals surface area contributed by atoms with Crippen molar-refractivity contribution < 1.29 is 9.90 Å². The lowest BCUT2D eigenvalue weighted by Gasteiger charge is -2.30. The van der Waals surface area contributed by atoms with Gasteiger partial charge < -0.3 is 10.0 Å². The van der Waals surface area contributed by atoms with Gasteiger partial charge in [0.2, 0.25) is 0 Å². The molecule has 1 amide bonds. The molecular weight excluding hydrogens is 174 g/mol. The zero-order valence-electron chi connectivity index (χ0n) is 7.32. The highest BCUT2D eigenvalue weighted by Gasteiger charge is 2.21. The SMILES string of the molecule is CSC(=O)N1CCC(CO)CC1. The summed E-state index contributed by atoms with van der Waals surface area (Å²) in [6.07, 6.45) is 3.70. The summed E-state index contributed by atoms with van der Waals surface area (Å²) < 4.78 is 0. The topological polar surface area (TPSA) is 40.5 Å². The van der Waals surface area contributed by atoms with Crippen LogP contribution in [0.25, 0.3) is 0 Å². The van der Waals surface area contributed by atoms with Crippen LogP contribution in [0.2, 0.25) is 0 Å². The maximum Gasteiger partial charge on any atom is 0.281 e. The fourth-order valence-corrected chi connectivity index (χ4v) is 1.87. The smallest absolute Gasteiger partial charge is 0.281 e. The Kier molecular flexibility index (Phi) is 3.88. The first-order valence-corrected chi connectivity index (χ1v) is 5.44. The van der Waals surface area contributed by atoms with Crippen molar-refractivity contribution in [3.8, 4) is 0 Å². The van der Waals surface area contributed by atoms with E-state index < -0.39 is 0 Å². The largest absolute Gasteiger partial charge is 0.396 e. The van der Waals surface area contributed by atoms with Crippen LogP contribution in [0.1, 0.15) is 12.8 Å². The van der Waals surface area contributed by atoms with E-state index >= 15 is 0 Å². The average Bonchev–Trinajstić information content (AvgIpc) is 2.17. The van der Waals surface area contributed by atoms with Gasteiger partial charge in [-0.1, -0.05) is 11.8 Å². The third-order valence-corrected chi connectivity index (χ3v) is 2.91. The summed E-state index contributed by atoms with van der Waals surface area (Å²) in [5.74, 6) is 0.413. The van der Waals surface area contributed by atoms with E-state index in [1.54, 1.807) is 6.26 Å². The molecule has 1 aliphatic rings. The fourth-order valence-electron chi connectivity index (χ4n) is 1.43. The van der Waals surface area contributed by atoms with Gasteiger partial charge in [-0.05, 0) is 25.0 Å². The van der Waals surface area contributed by atoms with E-state index in [1.807, 2.05) is 4.90 Å². The van der Waals surface area contributed by atoms with Crippen molar-refractivity contribution in [3.05, 3.63) is 0 Å². The first kappa shape index (κ1) is 9.86. The summed E-state index contributed by atoms with van der Waals surface area (Å²) >= 11 is 1.26. The van der Waals surface area contributed by atoms with Crippen molar-refractivity contribution in [1.29, 1.82) is 0 Å². The summed E-state index contributed by atoms with van der Waals surface area (Å²) in [5, 5.41) is 9.02. The molecule has 70 valence electrons. The van der Waals surface area contributed by atoms with Crippen molar-refractivity contribution in [2.75, 3.05) is 26.0 Å². The number of hydrogen-bond acceptors (Lipinski definition) is 3. The molecule has 0 aromatic heterocycles. The third-order valence-electron chi connectivity index (χ3n) is 2.31. The highest BCUT2D eigenvalue weighted by Crippen LogP contribution is 2.18. The molecular formula is C8H15NO2S. The van der Waals surface area contributed by atoms with Crippen molar-refractivity contribution in [3.63, 3.8) is 0 Å². The predicted molar refractivity (Wildman–Crippen MR) is 50.3 cm³/mol. The number of piperidine rings is 1. The fraction of sp³-hybridized carbons (Fsp3) is 0.875. The van der Waals surface area contributed by atoms with Crippen LogP contribution in [0.3, 0.4) is 0 Å². The van der Waals surface area contributed by atoms with Crippen LogP contribution in [-0.4, -0.2) is 41.2 Å². The Morgan fingerprint density at radius 2 is 2.17 bits per heavy atom. The Labute approximate surface area is 77.1 Å². The van der Waals surface area contributed by atoms with E-state index in [2.05, 4.69) is 0 Å². The number of aliphatic hydroxyl groups is 1. The van der Waals surface area contributed by atoms with Gasteiger partial charge in [0.05, 0.1) is 0 Å². The van der Waals surface area contributed by atoms with Gasteiger partial charge in [-0.15, -0.1) is 0 Å². The number of aliphatic hydroxyl groups excluding tert-OH is 1. The maximum atomic E-state index is 11.2. The van der Waals surface area contributed by atoms with E-state index in [1.165, 1.54) is 11.8 Å². The minimum absolute atomic E-state index is 0.159. The highest BCUT2D eigenvalue weighted by atomic mass is 32.2. The minimum atomic E-state index is 0.159. The Morgan fingerprint density at radius 3 is 2.58 bits per heavy atom. The molecule has 0 radical (unpaired) electrons. The molecule has 1 N–H and O–H groups in total. The number of nitrogens with zero attached hydrogens (tertiary/aromatic N) is 1. The second-order valence-corrected chi connectivity index (χ2v) is 3.84. The summed E-state index contributed by atoms with van der Waals surface area (Å²) in [5.41, 5.74) is 0. The molecule has 0 aliphatic carbocycles. The number of rotatable bonds is 1. The number of carbonyl (C=O) groups excluding carboxylic acids is 1. The molecule has 1 heterocycles. The normalized spacial score (nSPS) is 19.7. The maximum absolute atomic E-state index is 11.2. The second-order valence-electron chi connectivity index (χ2n) is 3.08. The van der Waals surface area contributed by atoms with Crippen molar-refractivity contribution in [2.45, 2.75) is 12.8 Å². The quantitative estimate of drug-likeness (QED) is 0.673. The molecule has 12 heavy (non-hydrogen) atoms. The molecule has 0 aromatic rings. The lowest BCUT2D eigenvalue weighted by molar-refractivity contribution is 0.148. The molecule has 0 unspecified atom stereocenters. The van der Waals surface area contributed by atoms with Crippen LogP contribution in [-0.2, 0) is 0 Å². The lowest BCUT2D eigenvalue weighted by Crippen LogP contribution is -2.37. The molecule has 0 aromatic carbocycles. The highest BCUT2D eigenvalue weighted by molar-refractivity contribution is 8.12. The zero-order chi connectivity index (χ0) is 8.97. The van der Waals surface area contributed by atoms with Gasteiger partial charge in [-0.3, -0.25) is 4.79 Å². The van der Waals surface area contributed by atoms with Gasteiger partial charge in [-0.2, -0.15) is 0 Å². The van der Waals surface area contributed by atoms with Gasteiger partial charge in [0.1, 0.15) is 0 Å². The molecule has 0 spiro atoms. The number of amides is 1.